The van der Waals surface area contributed by atoms with Crippen LogP contribution in [-0.2, 0) is 25.9 Å². The summed E-state index contributed by atoms with van der Waals surface area (Å²) in [7, 11) is 0. The second-order valence-electron chi connectivity index (χ2n) is 5.78. The van der Waals surface area contributed by atoms with Gasteiger partial charge in [-0.3, -0.25) is 0 Å². The maximum atomic E-state index is 3.74. The number of aryl methyl sites for hydroxylation is 2. The van der Waals surface area contributed by atoms with E-state index in [1.807, 2.05) is 0 Å². The average molecular weight is 268 g/mol. The van der Waals surface area contributed by atoms with Crippen molar-refractivity contribution in [3.05, 3.63) is 59.4 Å². The Morgan fingerprint density at radius 2 is 2.00 bits per heavy atom. The number of rotatable bonds is 5. The number of fused-ring (bicyclic) bond motifs is 1. The fourth-order valence-corrected chi connectivity index (χ4v) is 3.19. The predicted molar refractivity (Wildman–Crippen MR) is 83.8 cm³/mol. The summed E-state index contributed by atoms with van der Waals surface area (Å²) in [6, 6.07) is 13.9. The number of hydrogen-bond donors (Lipinski definition) is 1. The van der Waals surface area contributed by atoms with Gasteiger partial charge in [0.1, 0.15) is 0 Å². The lowest BCUT2D eigenvalue weighted by Crippen LogP contribution is -2.34. The van der Waals surface area contributed by atoms with Crippen molar-refractivity contribution in [3.63, 3.8) is 0 Å². The average Bonchev–Trinajstić information content (AvgIpc) is 2.93. The van der Waals surface area contributed by atoms with E-state index in [-0.39, 0.29) is 0 Å². The van der Waals surface area contributed by atoms with Crippen LogP contribution in [0.2, 0.25) is 0 Å². The number of nitrogens with zero attached hydrogens (tertiary/aromatic N) is 1. The lowest BCUT2D eigenvalue weighted by Gasteiger charge is -2.25. The van der Waals surface area contributed by atoms with Crippen molar-refractivity contribution >= 4 is 0 Å². The lowest BCUT2D eigenvalue weighted by molar-refractivity contribution is 0.448. The molecule has 1 atom stereocenters. The van der Waals surface area contributed by atoms with Crippen LogP contribution in [0.3, 0.4) is 0 Å². The van der Waals surface area contributed by atoms with Crippen molar-refractivity contribution in [2.45, 2.75) is 51.7 Å². The Balaban J connectivity index is 1.59. The molecule has 1 aliphatic carbocycles. The van der Waals surface area contributed by atoms with Gasteiger partial charge in [0, 0.05) is 31.0 Å². The summed E-state index contributed by atoms with van der Waals surface area (Å²) >= 11 is 0. The molecule has 0 saturated heterocycles. The van der Waals surface area contributed by atoms with E-state index in [2.05, 4.69) is 59.4 Å². The number of aromatic nitrogens is 1. The largest absolute Gasteiger partial charge is 0.350 e. The summed E-state index contributed by atoms with van der Waals surface area (Å²) in [5.41, 5.74) is 4.48. The van der Waals surface area contributed by atoms with Gasteiger partial charge < -0.3 is 9.88 Å². The van der Waals surface area contributed by atoms with E-state index < -0.39 is 0 Å². The summed E-state index contributed by atoms with van der Waals surface area (Å²) in [6.07, 6.45) is 7.02. The second kappa shape index (κ2) is 6.27. The highest BCUT2D eigenvalue weighted by atomic mass is 15.0. The van der Waals surface area contributed by atoms with Gasteiger partial charge in [0.05, 0.1) is 0 Å². The zero-order chi connectivity index (χ0) is 13.8. The van der Waals surface area contributed by atoms with Gasteiger partial charge in [-0.05, 0) is 48.9 Å². The third kappa shape index (κ3) is 2.96. The maximum absolute atomic E-state index is 3.74. The standard InChI is InChI=1S/C18H24N2/c1-2-11-20-12-5-8-18(20)14-19-17-10-9-15-6-3-4-7-16(15)13-17/h3-8,12,17,19H,2,9-11,13-14H2,1H3. The molecule has 1 aromatic heterocycles. The van der Waals surface area contributed by atoms with Crippen molar-refractivity contribution in [1.29, 1.82) is 0 Å². The molecule has 1 aliphatic rings. The molecule has 0 aliphatic heterocycles. The Kier molecular flexibility index (Phi) is 4.22. The van der Waals surface area contributed by atoms with E-state index in [1.54, 1.807) is 5.56 Å². The summed E-state index contributed by atoms with van der Waals surface area (Å²) in [6.45, 7) is 4.34. The third-order valence-electron chi connectivity index (χ3n) is 4.31. The summed E-state index contributed by atoms with van der Waals surface area (Å²) < 4.78 is 2.36. The minimum atomic E-state index is 0.620. The highest BCUT2D eigenvalue weighted by Crippen LogP contribution is 2.21. The summed E-state index contributed by atoms with van der Waals surface area (Å²) in [4.78, 5) is 0. The first-order valence-electron chi connectivity index (χ1n) is 7.81. The predicted octanol–water partition coefficient (Wildman–Crippen LogP) is 3.55. The molecule has 0 fully saturated rings. The Hall–Kier alpha value is -1.54. The SMILES string of the molecule is CCCn1cccc1CNC1CCc2ccccc2C1. The Labute approximate surface area is 121 Å². The van der Waals surface area contributed by atoms with Gasteiger partial charge in [0.25, 0.3) is 0 Å². The van der Waals surface area contributed by atoms with Crippen LogP contribution in [0.15, 0.2) is 42.6 Å². The van der Waals surface area contributed by atoms with Gasteiger partial charge in [-0.1, -0.05) is 31.2 Å². The zero-order valence-corrected chi connectivity index (χ0v) is 12.3. The van der Waals surface area contributed by atoms with Crippen LogP contribution in [-0.4, -0.2) is 10.6 Å². The first-order valence-corrected chi connectivity index (χ1v) is 7.81. The first kappa shape index (κ1) is 13.4. The van der Waals surface area contributed by atoms with Crippen molar-refractivity contribution in [2.75, 3.05) is 0 Å². The smallest absolute Gasteiger partial charge is 0.0361 e. The maximum Gasteiger partial charge on any atom is 0.0361 e. The Morgan fingerprint density at radius 1 is 1.15 bits per heavy atom. The normalized spacial score (nSPS) is 17.9. The molecule has 2 heteroatoms. The zero-order valence-electron chi connectivity index (χ0n) is 12.3. The molecule has 2 nitrogen and oxygen atoms in total. The minimum Gasteiger partial charge on any atom is -0.350 e. The van der Waals surface area contributed by atoms with Crippen LogP contribution in [0.5, 0.6) is 0 Å². The fourth-order valence-electron chi connectivity index (χ4n) is 3.19. The molecular weight excluding hydrogens is 244 g/mol. The first-order chi connectivity index (χ1) is 9.86. The van der Waals surface area contributed by atoms with Crippen LogP contribution in [0.4, 0.5) is 0 Å². The van der Waals surface area contributed by atoms with E-state index in [4.69, 9.17) is 0 Å². The molecule has 1 N–H and O–H groups in total. The molecule has 106 valence electrons. The molecule has 0 amide bonds. The van der Waals surface area contributed by atoms with Crippen LogP contribution in [0.25, 0.3) is 0 Å². The van der Waals surface area contributed by atoms with Crippen LogP contribution >= 0.6 is 0 Å². The molecule has 0 spiro atoms. The van der Waals surface area contributed by atoms with E-state index >= 15 is 0 Å². The van der Waals surface area contributed by atoms with E-state index in [0.29, 0.717) is 6.04 Å². The number of hydrogen-bond acceptors (Lipinski definition) is 1. The van der Waals surface area contributed by atoms with Gasteiger partial charge in [-0.15, -0.1) is 0 Å². The highest BCUT2D eigenvalue weighted by Gasteiger charge is 2.17. The van der Waals surface area contributed by atoms with Gasteiger partial charge in [-0.2, -0.15) is 0 Å². The molecule has 0 radical (unpaired) electrons. The quantitative estimate of drug-likeness (QED) is 0.877. The van der Waals surface area contributed by atoms with Crippen molar-refractivity contribution in [1.82, 2.24) is 9.88 Å². The summed E-state index contributed by atoms with van der Waals surface area (Å²) in [5, 5.41) is 3.74. The number of benzene rings is 1. The molecule has 1 unspecified atom stereocenters. The van der Waals surface area contributed by atoms with E-state index in [0.717, 1.165) is 13.1 Å². The van der Waals surface area contributed by atoms with Crippen molar-refractivity contribution in [3.8, 4) is 0 Å². The monoisotopic (exact) mass is 268 g/mol. The van der Waals surface area contributed by atoms with Gasteiger partial charge in [-0.25, -0.2) is 0 Å². The van der Waals surface area contributed by atoms with Gasteiger partial charge in [0.2, 0.25) is 0 Å². The molecule has 3 rings (SSSR count). The minimum absolute atomic E-state index is 0.620. The Bertz CT molecular complexity index is 556. The lowest BCUT2D eigenvalue weighted by atomic mass is 9.88. The molecular formula is C18H24N2. The van der Waals surface area contributed by atoms with E-state index in [9.17, 15) is 0 Å². The van der Waals surface area contributed by atoms with Crippen molar-refractivity contribution in [2.24, 2.45) is 0 Å². The topological polar surface area (TPSA) is 17.0 Å². The number of nitrogens with one attached hydrogen (secondary N) is 1. The molecule has 1 aromatic carbocycles. The summed E-state index contributed by atoms with van der Waals surface area (Å²) in [5.74, 6) is 0. The van der Waals surface area contributed by atoms with Gasteiger partial charge >= 0.3 is 0 Å². The Morgan fingerprint density at radius 3 is 2.85 bits per heavy atom. The second-order valence-corrected chi connectivity index (χ2v) is 5.78. The molecule has 2 aromatic rings. The van der Waals surface area contributed by atoms with Crippen LogP contribution in [0, 0.1) is 0 Å². The fraction of sp³-hybridized carbons (Fsp3) is 0.444. The van der Waals surface area contributed by atoms with Crippen LogP contribution in [0.1, 0.15) is 36.6 Å². The third-order valence-corrected chi connectivity index (χ3v) is 4.31. The van der Waals surface area contributed by atoms with E-state index in [1.165, 1.54) is 36.9 Å². The molecule has 1 heterocycles. The van der Waals surface area contributed by atoms with Crippen LogP contribution < -0.4 is 5.32 Å². The molecule has 20 heavy (non-hydrogen) atoms. The van der Waals surface area contributed by atoms with Crippen molar-refractivity contribution < 1.29 is 0 Å². The highest BCUT2D eigenvalue weighted by molar-refractivity contribution is 5.30. The molecule has 0 saturated carbocycles. The van der Waals surface area contributed by atoms with Gasteiger partial charge in [0.15, 0.2) is 0 Å². The molecule has 0 bridgehead atoms.